The summed E-state index contributed by atoms with van der Waals surface area (Å²) in [6, 6.07) is 6.90. The molecule has 2 aromatic carbocycles. The van der Waals surface area contributed by atoms with Gasteiger partial charge in [-0.15, -0.1) is 11.3 Å². The van der Waals surface area contributed by atoms with Crippen molar-refractivity contribution >= 4 is 28.8 Å². The van der Waals surface area contributed by atoms with E-state index < -0.39 is 0 Å². The number of phenols is 1. The highest BCUT2D eigenvalue weighted by molar-refractivity contribution is 7.16. The summed E-state index contributed by atoms with van der Waals surface area (Å²) in [5, 5.41) is 16.0. The van der Waals surface area contributed by atoms with Crippen LogP contribution in [0.3, 0.4) is 0 Å². The summed E-state index contributed by atoms with van der Waals surface area (Å²) in [6.07, 6.45) is 1.52. The number of nitrogen functional groups attached to an aromatic ring is 1. The molecule has 1 aliphatic rings. The number of rotatable bonds is 3. The standard InChI is InChI=1S/C20H18N4O3S/c1-9-3-4-10(25)5-11(9)12-6-13(14-7-23-19(27)16(14)17(12)21)20-24-8-15(28-20)18(26)22-2/h3-6,8,25H,7,21H2,1-2H3,(H,22,26)(H,23,27). The number of phenolic OH excluding ortho intramolecular Hbond substituents is 1. The minimum atomic E-state index is -0.239. The van der Waals surface area contributed by atoms with Gasteiger partial charge >= 0.3 is 0 Å². The third-order valence-corrected chi connectivity index (χ3v) is 5.86. The van der Waals surface area contributed by atoms with Gasteiger partial charge in [0.05, 0.1) is 17.4 Å². The van der Waals surface area contributed by atoms with E-state index in [9.17, 15) is 14.7 Å². The SMILES string of the molecule is CNC(=O)c1cnc(-c2cc(-c3cc(O)ccc3C)c(N)c3c2CNC3=O)s1. The molecule has 0 saturated carbocycles. The van der Waals surface area contributed by atoms with E-state index in [0.717, 1.165) is 22.3 Å². The zero-order chi connectivity index (χ0) is 20.0. The van der Waals surface area contributed by atoms with Crippen LogP contribution in [-0.4, -0.2) is 29.0 Å². The maximum Gasteiger partial charge on any atom is 0.262 e. The van der Waals surface area contributed by atoms with E-state index in [4.69, 9.17) is 5.73 Å². The number of anilines is 1. The lowest BCUT2D eigenvalue weighted by Crippen LogP contribution is -2.16. The highest BCUT2D eigenvalue weighted by Gasteiger charge is 2.29. The molecule has 8 heteroatoms. The van der Waals surface area contributed by atoms with E-state index >= 15 is 0 Å². The first-order valence-corrected chi connectivity index (χ1v) is 9.44. The molecule has 2 heterocycles. The zero-order valence-electron chi connectivity index (χ0n) is 15.3. The Morgan fingerprint density at radius 1 is 1.29 bits per heavy atom. The van der Waals surface area contributed by atoms with Crippen LogP contribution in [0.2, 0.25) is 0 Å². The summed E-state index contributed by atoms with van der Waals surface area (Å²) in [4.78, 5) is 29.2. The summed E-state index contributed by atoms with van der Waals surface area (Å²) >= 11 is 1.25. The van der Waals surface area contributed by atoms with Crippen LogP contribution < -0.4 is 16.4 Å². The lowest BCUT2D eigenvalue weighted by molar-refractivity contribution is 0.0958. The topological polar surface area (TPSA) is 117 Å². The first-order valence-electron chi connectivity index (χ1n) is 8.62. The monoisotopic (exact) mass is 394 g/mol. The van der Waals surface area contributed by atoms with Gasteiger partial charge in [0.25, 0.3) is 11.8 Å². The van der Waals surface area contributed by atoms with Crippen LogP contribution in [0, 0.1) is 6.92 Å². The molecule has 2 amide bonds. The van der Waals surface area contributed by atoms with Crippen molar-refractivity contribution in [1.29, 1.82) is 0 Å². The quantitative estimate of drug-likeness (QED) is 0.510. The first-order chi connectivity index (χ1) is 13.4. The second-order valence-corrected chi connectivity index (χ2v) is 7.56. The Morgan fingerprint density at radius 2 is 2.07 bits per heavy atom. The van der Waals surface area contributed by atoms with Crippen LogP contribution in [0.4, 0.5) is 5.69 Å². The number of hydrogen-bond acceptors (Lipinski definition) is 6. The van der Waals surface area contributed by atoms with E-state index in [2.05, 4.69) is 15.6 Å². The van der Waals surface area contributed by atoms with E-state index in [1.807, 2.05) is 13.0 Å². The average Bonchev–Trinajstić information content (AvgIpc) is 3.31. The number of nitrogens with two attached hydrogens (primary N) is 1. The molecule has 28 heavy (non-hydrogen) atoms. The van der Waals surface area contributed by atoms with E-state index in [1.165, 1.54) is 17.5 Å². The molecule has 142 valence electrons. The van der Waals surface area contributed by atoms with Gasteiger partial charge in [0.15, 0.2) is 0 Å². The van der Waals surface area contributed by atoms with Crippen LogP contribution in [0.1, 0.15) is 31.2 Å². The van der Waals surface area contributed by atoms with Crippen molar-refractivity contribution in [3.05, 3.63) is 52.0 Å². The molecule has 0 spiro atoms. The van der Waals surface area contributed by atoms with Crippen LogP contribution in [0.5, 0.6) is 5.75 Å². The fourth-order valence-electron chi connectivity index (χ4n) is 3.38. The van der Waals surface area contributed by atoms with Crippen LogP contribution in [-0.2, 0) is 6.54 Å². The molecule has 0 aliphatic carbocycles. The molecular weight excluding hydrogens is 376 g/mol. The number of nitrogens with zero attached hydrogens (tertiary/aromatic N) is 1. The highest BCUT2D eigenvalue weighted by Crippen LogP contribution is 2.42. The van der Waals surface area contributed by atoms with Crippen molar-refractivity contribution in [3.8, 4) is 27.4 Å². The molecule has 4 rings (SSSR count). The smallest absolute Gasteiger partial charge is 0.262 e. The van der Waals surface area contributed by atoms with Crippen LogP contribution >= 0.6 is 11.3 Å². The van der Waals surface area contributed by atoms with Gasteiger partial charge in [0.1, 0.15) is 15.6 Å². The minimum Gasteiger partial charge on any atom is -0.508 e. The number of aromatic nitrogens is 1. The number of carbonyl (C=O) groups is 2. The van der Waals surface area contributed by atoms with Crippen LogP contribution in [0.15, 0.2) is 30.5 Å². The predicted molar refractivity (Wildman–Crippen MR) is 108 cm³/mol. The molecule has 0 bridgehead atoms. The number of aromatic hydroxyl groups is 1. The maximum atomic E-state index is 12.4. The number of amides is 2. The first kappa shape index (κ1) is 18.0. The molecular formula is C20H18N4O3S. The van der Waals surface area contributed by atoms with Gasteiger partial charge in [0, 0.05) is 24.7 Å². The van der Waals surface area contributed by atoms with E-state index in [0.29, 0.717) is 33.2 Å². The largest absolute Gasteiger partial charge is 0.508 e. The minimum absolute atomic E-state index is 0.114. The fourth-order valence-corrected chi connectivity index (χ4v) is 4.29. The molecule has 0 unspecified atom stereocenters. The Kier molecular flexibility index (Phi) is 4.27. The summed E-state index contributed by atoms with van der Waals surface area (Å²) < 4.78 is 0. The second-order valence-electron chi connectivity index (χ2n) is 6.53. The third kappa shape index (κ3) is 2.78. The number of fused-ring (bicyclic) bond motifs is 1. The molecule has 3 aromatic rings. The number of hydrogen-bond donors (Lipinski definition) is 4. The van der Waals surface area contributed by atoms with Crippen molar-refractivity contribution in [2.45, 2.75) is 13.5 Å². The summed E-state index contributed by atoms with van der Waals surface area (Å²) in [5.74, 6) is -0.340. The van der Waals surface area contributed by atoms with Crippen molar-refractivity contribution in [2.24, 2.45) is 0 Å². The number of carbonyl (C=O) groups excluding carboxylic acids is 2. The van der Waals surface area contributed by atoms with E-state index in [-0.39, 0.29) is 17.6 Å². The van der Waals surface area contributed by atoms with Crippen LogP contribution in [0.25, 0.3) is 21.7 Å². The Hall–Kier alpha value is -3.39. The van der Waals surface area contributed by atoms with Crippen molar-refractivity contribution in [3.63, 3.8) is 0 Å². The molecule has 0 radical (unpaired) electrons. The molecule has 0 saturated heterocycles. The number of aryl methyl sites for hydroxylation is 1. The lowest BCUT2D eigenvalue weighted by Gasteiger charge is -2.15. The average molecular weight is 394 g/mol. The maximum absolute atomic E-state index is 12.4. The van der Waals surface area contributed by atoms with Gasteiger partial charge in [-0.1, -0.05) is 6.07 Å². The molecule has 1 aliphatic heterocycles. The van der Waals surface area contributed by atoms with E-state index in [1.54, 1.807) is 25.2 Å². The summed E-state index contributed by atoms with van der Waals surface area (Å²) in [6.45, 7) is 2.26. The normalized spacial score (nSPS) is 12.6. The Morgan fingerprint density at radius 3 is 2.82 bits per heavy atom. The van der Waals surface area contributed by atoms with Gasteiger partial charge in [-0.25, -0.2) is 4.98 Å². The van der Waals surface area contributed by atoms with Gasteiger partial charge in [-0.3, -0.25) is 9.59 Å². The van der Waals surface area contributed by atoms with Crippen molar-refractivity contribution < 1.29 is 14.7 Å². The van der Waals surface area contributed by atoms with Crippen molar-refractivity contribution in [1.82, 2.24) is 15.6 Å². The molecule has 0 atom stereocenters. The molecule has 0 fully saturated rings. The highest BCUT2D eigenvalue weighted by atomic mass is 32.1. The Labute approximate surface area is 165 Å². The molecule has 1 aromatic heterocycles. The number of benzene rings is 2. The molecule has 5 N–H and O–H groups in total. The van der Waals surface area contributed by atoms with Crippen molar-refractivity contribution in [2.75, 3.05) is 12.8 Å². The Balaban J connectivity index is 1.97. The zero-order valence-corrected chi connectivity index (χ0v) is 16.1. The third-order valence-electron chi connectivity index (χ3n) is 4.83. The Bertz CT molecular complexity index is 1140. The van der Waals surface area contributed by atoms with Gasteiger partial charge in [-0.2, -0.15) is 0 Å². The predicted octanol–water partition coefficient (Wildman–Crippen LogP) is 2.68. The molecule has 7 nitrogen and oxygen atoms in total. The summed E-state index contributed by atoms with van der Waals surface area (Å²) in [7, 11) is 1.56. The summed E-state index contributed by atoms with van der Waals surface area (Å²) in [5.41, 5.74) is 11.0. The van der Waals surface area contributed by atoms with Gasteiger partial charge < -0.3 is 21.5 Å². The fraction of sp³-hybridized carbons (Fsp3) is 0.150. The number of nitrogens with one attached hydrogen (secondary N) is 2. The van der Waals surface area contributed by atoms with Gasteiger partial charge in [0.2, 0.25) is 0 Å². The number of thiazole rings is 1. The van der Waals surface area contributed by atoms with Gasteiger partial charge in [-0.05, 0) is 41.8 Å². The second kappa shape index (κ2) is 6.65. The lowest BCUT2D eigenvalue weighted by atomic mass is 9.91.